The molecule has 1 unspecified atom stereocenters. The third kappa shape index (κ3) is 1.99. The lowest BCUT2D eigenvalue weighted by molar-refractivity contribution is 0.271. The topological polar surface area (TPSA) is 62.5 Å². The van der Waals surface area contributed by atoms with Gasteiger partial charge in [-0.3, -0.25) is 0 Å². The highest BCUT2D eigenvalue weighted by Crippen LogP contribution is 2.14. The maximum absolute atomic E-state index is 9.17. The lowest BCUT2D eigenvalue weighted by atomic mass is 10.2. The van der Waals surface area contributed by atoms with E-state index in [0.29, 0.717) is 0 Å². The Bertz CT molecular complexity index is 476. The SMILES string of the molecule is CCC(CO)Nc1cc(C)cc2ncnn12. The molecule has 5 heteroatoms. The van der Waals surface area contributed by atoms with Crippen molar-refractivity contribution in [3.05, 3.63) is 24.0 Å². The van der Waals surface area contributed by atoms with Gasteiger partial charge in [0.15, 0.2) is 5.65 Å². The predicted molar refractivity (Wildman–Crippen MR) is 62.5 cm³/mol. The Morgan fingerprint density at radius 3 is 3.00 bits per heavy atom. The standard InChI is InChI=1S/C11H16N4O/c1-3-9(6-16)14-11-5-8(2)4-10-12-7-13-15(10)11/h4-5,7,9,14,16H,3,6H2,1-2H3. The normalized spacial score (nSPS) is 12.9. The van der Waals surface area contributed by atoms with Crippen LogP contribution in [-0.2, 0) is 0 Å². The third-order valence-electron chi connectivity index (χ3n) is 2.59. The Kier molecular flexibility index (Phi) is 3.05. The van der Waals surface area contributed by atoms with Gasteiger partial charge < -0.3 is 10.4 Å². The number of pyridine rings is 1. The molecule has 0 radical (unpaired) electrons. The summed E-state index contributed by atoms with van der Waals surface area (Å²) in [5, 5.41) is 16.6. The van der Waals surface area contributed by atoms with Gasteiger partial charge in [-0.2, -0.15) is 9.61 Å². The van der Waals surface area contributed by atoms with E-state index < -0.39 is 0 Å². The van der Waals surface area contributed by atoms with Crippen LogP contribution in [0.3, 0.4) is 0 Å². The number of aromatic nitrogens is 3. The van der Waals surface area contributed by atoms with E-state index in [4.69, 9.17) is 0 Å². The highest BCUT2D eigenvalue weighted by Gasteiger charge is 2.08. The van der Waals surface area contributed by atoms with Gasteiger partial charge >= 0.3 is 0 Å². The molecule has 0 aliphatic rings. The van der Waals surface area contributed by atoms with E-state index in [-0.39, 0.29) is 12.6 Å². The van der Waals surface area contributed by atoms with Crippen LogP contribution in [0.2, 0.25) is 0 Å². The van der Waals surface area contributed by atoms with E-state index >= 15 is 0 Å². The molecule has 2 N–H and O–H groups in total. The van der Waals surface area contributed by atoms with Crippen LogP contribution in [0.25, 0.3) is 5.65 Å². The Hall–Kier alpha value is -1.62. The van der Waals surface area contributed by atoms with Crippen LogP contribution in [0.15, 0.2) is 18.5 Å². The number of fused-ring (bicyclic) bond motifs is 1. The Morgan fingerprint density at radius 2 is 2.31 bits per heavy atom. The number of aliphatic hydroxyl groups excluding tert-OH is 1. The number of nitrogens with zero attached hydrogens (tertiary/aromatic N) is 3. The maximum atomic E-state index is 9.17. The fourth-order valence-corrected chi connectivity index (χ4v) is 1.65. The number of hydrogen-bond acceptors (Lipinski definition) is 4. The monoisotopic (exact) mass is 220 g/mol. The van der Waals surface area contributed by atoms with Crippen molar-refractivity contribution in [2.24, 2.45) is 0 Å². The Morgan fingerprint density at radius 1 is 1.50 bits per heavy atom. The fourth-order valence-electron chi connectivity index (χ4n) is 1.65. The van der Waals surface area contributed by atoms with Crippen LogP contribution in [0.4, 0.5) is 5.82 Å². The summed E-state index contributed by atoms with van der Waals surface area (Å²) in [4.78, 5) is 4.15. The number of rotatable bonds is 4. The molecule has 1 atom stereocenters. The smallest absolute Gasteiger partial charge is 0.157 e. The highest BCUT2D eigenvalue weighted by atomic mass is 16.3. The molecule has 0 aliphatic carbocycles. The van der Waals surface area contributed by atoms with Crippen LogP contribution < -0.4 is 5.32 Å². The van der Waals surface area contributed by atoms with Gasteiger partial charge in [0.05, 0.1) is 12.6 Å². The van der Waals surface area contributed by atoms with Crippen molar-refractivity contribution in [3.8, 4) is 0 Å². The van der Waals surface area contributed by atoms with E-state index in [0.717, 1.165) is 23.4 Å². The summed E-state index contributed by atoms with van der Waals surface area (Å²) >= 11 is 0. The van der Waals surface area contributed by atoms with Crippen molar-refractivity contribution >= 4 is 11.5 Å². The average Bonchev–Trinajstić information content (AvgIpc) is 2.73. The molecular formula is C11H16N4O. The van der Waals surface area contributed by atoms with Crippen molar-refractivity contribution in [3.63, 3.8) is 0 Å². The van der Waals surface area contributed by atoms with Crippen molar-refractivity contribution in [2.75, 3.05) is 11.9 Å². The molecule has 0 saturated carbocycles. The number of aryl methyl sites for hydroxylation is 1. The van der Waals surface area contributed by atoms with Crippen LogP contribution in [0.5, 0.6) is 0 Å². The van der Waals surface area contributed by atoms with Crippen LogP contribution >= 0.6 is 0 Å². The maximum Gasteiger partial charge on any atom is 0.157 e. The Labute approximate surface area is 94.1 Å². The zero-order chi connectivity index (χ0) is 11.5. The van der Waals surface area contributed by atoms with Gasteiger partial charge in [-0.25, -0.2) is 4.98 Å². The number of aliphatic hydroxyl groups is 1. The molecule has 2 aromatic heterocycles. The average molecular weight is 220 g/mol. The van der Waals surface area contributed by atoms with Gasteiger partial charge in [-0.15, -0.1) is 0 Å². The van der Waals surface area contributed by atoms with E-state index in [2.05, 4.69) is 15.4 Å². The van der Waals surface area contributed by atoms with Crippen molar-refractivity contribution in [2.45, 2.75) is 26.3 Å². The van der Waals surface area contributed by atoms with Crippen molar-refractivity contribution < 1.29 is 5.11 Å². The Balaban J connectivity index is 2.38. The minimum absolute atomic E-state index is 0.0502. The van der Waals surface area contributed by atoms with Gasteiger partial charge in [0.2, 0.25) is 0 Å². The minimum atomic E-state index is 0.0502. The van der Waals surface area contributed by atoms with Crippen molar-refractivity contribution in [1.29, 1.82) is 0 Å². The van der Waals surface area contributed by atoms with Crippen molar-refractivity contribution in [1.82, 2.24) is 14.6 Å². The zero-order valence-corrected chi connectivity index (χ0v) is 9.51. The first-order valence-corrected chi connectivity index (χ1v) is 5.42. The number of anilines is 1. The van der Waals surface area contributed by atoms with Crippen LogP contribution in [0.1, 0.15) is 18.9 Å². The molecule has 86 valence electrons. The number of nitrogens with one attached hydrogen (secondary N) is 1. The molecular weight excluding hydrogens is 204 g/mol. The van der Waals surface area contributed by atoms with Crippen LogP contribution in [-0.4, -0.2) is 32.4 Å². The molecule has 2 rings (SSSR count). The molecule has 0 bridgehead atoms. The molecule has 0 fully saturated rings. The molecule has 2 heterocycles. The number of hydrogen-bond donors (Lipinski definition) is 2. The molecule has 5 nitrogen and oxygen atoms in total. The first-order chi connectivity index (χ1) is 7.74. The fraction of sp³-hybridized carbons (Fsp3) is 0.455. The second-order valence-electron chi connectivity index (χ2n) is 3.88. The second-order valence-corrected chi connectivity index (χ2v) is 3.88. The molecule has 16 heavy (non-hydrogen) atoms. The van der Waals surface area contributed by atoms with E-state index in [1.165, 1.54) is 6.33 Å². The summed E-state index contributed by atoms with van der Waals surface area (Å²) < 4.78 is 1.74. The summed E-state index contributed by atoms with van der Waals surface area (Å²) in [6.45, 7) is 4.16. The molecule has 0 aliphatic heterocycles. The summed E-state index contributed by atoms with van der Waals surface area (Å²) in [5.41, 5.74) is 1.94. The van der Waals surface area contributed by atoms with E-state index in [1.807, 2.05) is 26.0 Å². The molecule has 2 aromatic rings. The minimum Gasteiger partial charge on any atom is -0.394 e. The molecule has 0 saturated heterocycles. The second kappa shape index (κ2) is 4.49. The van der Waals surface area contributed by atoms with Gasteiger partial charge in [-0.05, 0) is 31.0 Å². The zero-order valence-electron chi connectivity index (χ0n) is 9.51. The molecule has 0 spiro atoms. The molecule has 0 amide bonds. The third-order valence-corrected chi connectivity index (χ3v) is 2.59. The summed E-state index contributed by atoms with van der Waals surface area (Å²) in [7, 11) is 0. The lowest BCUT2D eigenvalue weighted by Gasteiger charge is -2.16. The summed E-state index contributed by atoms with van der Waals surface area (Å²) in [5.74, 6) is 0.869. The lowest BCUT2D eigenvalue weighted by Crippen LogP contribution is -2.24. The summed E-state index contributed by atoms with van der Waals surface area (Å²) in [6.07, 6.45) is 2.39. The first-order valence-electron chi connectivity index (χ1n) is 5.42. The first kappa shape index (κ1) is 10.9. The highest BCUT2D eigenvalue weighted by molar-refractivity contribution is 5.51. The van der Waals surface area contributed by atoms with E-state index in [1.54, 1.807) is 4.52 Å². The van der Waals surface area contributed by atoms with Gasteiger partial charge in [0.1, 0.15) is 12.1 Å². The largest absolute Gasteiger partial charge is 0.394 e. The molecule has 0 aromatic carbocycles. The van der Waals surface area contributed by atoms with Gasteiger partial charge in [0, 0.05) is 0 Å². The van der Waals surface area contributed by atoms with Gasteiger partial charge in [-0.1, -0.05) is 6.92 Å². The van der Waals surface area contributed by atoms with E-state index in [9.17, 15) is 5.11 Å². The summed E-state index contributed by atoms with van der Waals surface area (Å²) in [6, 6.07) is 4.02. The quantitative estimate of drug-likeness (QED) is 0.813. The van der Waals surface area contributed by atoms with Gasteiger partial charge in [0.25, 0.3) is 0 Å². The van der Waals surface area contributed by atoms with Crippen LogP contribution in [0, 0.1) is 6.92 Å². The predicted octanol–water partition coefficient (Wildman–Crippen LogP) is 1.22.